The van der Waals surface area contributed by atoms with E-state index in [0.717, 1.165) is 6.07 Å². The molecule has 0 saturated carbocycles. The molecule has 1 aromatic carbocycles. The van der Waals surface area contributed by atoms with Gasteiger partial charge in [-0.15, -0.1) is 0 Å². The number of carbonyl (C=O) groups is 1. The average Bonchev–Trinajstić information content (AvgIpc) is 2.36. The van der Waals surface area contributed by atoms with Gasteiger partial charge in [0.25, 0.3) is 0 Å². The summed E-state index contributed by atoms with van der Waals surface area (Å²) >= 11 is 0. The highest BCUT2D eigenvalue weighted by Crippen LogP contribution is 2.11. The van der Waals surface area contributed by atoms with Crippen LogP contribution in [0.2, 0.25) is 0 Å². The summed E-state index contributed by atoms with van der Waals surface area (Å²) in [5, 5.41) is 8.80. The standard InChI is InChI=1S/C11H15NO5S/c1-8(17-2)7-12-18(15,16)10-5-3-4-9(6-10)11(13)14/h3-6,8,12H,7H2,1-2H3,(H,13,14). The van der Waals surface area contributed by atoms with Crippen molar-refractivity contribution in [2.45, 2.75) is 17.9 Å². The van der Waals surface area contributed by atoms with Gasteiger partial charge in [0.15, 0.2) is 0 Å². The second kappa shape index (κ2) is 5.94. The number of carboxylic acids is 1. The summed E-state index contributed by atoms with van der Waals surface area (Å²) in [6.07, 6.45) is -0.262. The zero-order valence-electron chi connectivity index (χ0n) is 10.1. The molecule has 0 aliphatic heterocycles. The van der Waals surface area contributed by atoms with Crippen LogP contribution in [0.3, 0.4) is 0 Å². The molecule has 1 atom stereocenters. The van der Waals surface area contributed by atoms with Crippen molar-refractivity contribution in [1.29, 1.82) is 0 Å². The van der Waals surface area contributed by atoms with Crippen LogP contribution in [0.25, 0.3) is 0 Å². The number of aromatic carboxylic acids is 1. The molecule has 1 rings (SSSR count). The van der Waals surface area contributed by atoms with Crippen LogP contribution in [0, 0.1) is 0 Å². The number of hydrogen-bond donors (Lipinski definition) is 2. The first-order valence-corrected chi connectivity index (χ1v) is 6.71. The number of ether oxygens (including phenoxy) is 1. The highest BCUT2D eigenvalue weighted by molar-refractivity contribution is 7.89. The van der Waals surface area contributed by atoms with E-state index >= 15 is 0 Å². The van der Waals surface area contributed by atoms with Crippen LogP contribution < -0.4 is 4.72 Å². The summed E-state index contributed by atoms with van der Waals surface area (Å²) in [4.78, 5) is 10.7. The molecular weight excluding hydrogens is 258 g/mol. The van der Waals surface area contributed by atoms with Gasteiger partial charge in [0.2, 0.25) is 10.0 Å². The van der Waals surface area contributed by atoms with Crippen LogP contribution in [0.5, 0.6) is 0 Å². The first kappa shape index (κ1) is 14.6. The molecule has 0 amide bonds. The molecular formula is C11H15NO5S. The Hall–Kier alpha value is -1.44. The largest absolute Gasteiger partial charge is 0.478 e. The molecule has 1 aromatic rings. The number of benzene rings is 1. The van der Waals surface area contributed by atoms with E-state index in [1.165, 1.54) is 25.3 Å². The van der Waals surface area contributed by atoms with Crippen LogP contribution in [0.4, 0.5) is 0 Å². The van der Waals surface area contributed by atoms with Gasteiger partial charge in [-0.2, -0.15) is 0 Å². The Balaban J connectivity index is 2.91. The highest BCUT2D eigenvalue weighted by atomic mass is 32.2. The van der Waals surface area contributed by atoms with Crippen LogP contribution in [0.15, 0.2) is 29.2 Å². The van der Waals surface area contributed by atoms with Gasteiger partial charge in [0.1, 0.15) is 0 Å². The molecule has 0 bridgehead atoms. The summed E-state index contributed by atoms with van der Waals surface area (Å²) in [6, 6.07) is 5.17. The van der Waals surface area contributed by atoms with E-state index in [-0.39, 0.29) is 23.1 Å². The van der Waals surface area contributed by atoms with Crippen molar-refractivity contribution in [1.82, 2.24) is 4.72 Å². The maximum atomic E-state index is 11.9. The third-order valence-electron chi connectivity index (χ3n) is 2.35. The normalized spacial score (nSPS) is 13.2. The van der Waals surface area contributed by atoms with Gasteiger partial charge in [-0.05, 0) is 25.1 Å². The fraction of sp³-hybridized carbons (Fsp3) is 0.364. The molecule has 7 heteroatoms. The van der Waals surface area contributed by atoms with Crippen LogP contribution >= 0.6 is 0 Å². The fourth-order valence-corrected chi connectivity index (χ4v) is 2.35. The molecule has 0 saturated heterocycles. The molecule has 0 aliphatic carbocycles. The minimum Gasteiger partial charge on any atom is -0.478 e. The number of carboxylic acid groups (broad SMARTS) is 1. The minimum atomic E-state index is -3.71. The Kier molecular flexibility index (Phi) is 4.83. The lowest BCUT2D eigenvalue weighted by molar-refractivity contribution is 0.0696. The summed E-state index contributed by atoms with van der Waals surface area (Å²) in [5.74, 6) is -1.17. The SMILES string of the molecule is COC(C)CNS(=O)(=O)c1cccc(C(=O)O)c1. The van der Waals surface area contributed by atoms with Gasteiger partial charge in [0.05, 0.1) is 16.6 Å². The Morgan fingerprint density at radius 3 is 2.72 bits per heavy atom. The maximum absolute atomic E-state index is 11.9. The lowest BCUT2D eigenvalue weighted by Gasteiger charge is -2.11. The quantitative estimate of drug-likeness (QED) is 0.795. The monoisotopic (exact) mass is 273 g/mol. The van der Waals surface area contributed by atoms with Crippen LogP contribution in [-0.4, -0.2) is 39.3 Å². The predicted molar refractivity (Wildman–Crippen MR) is 65.1 cm³/mol. The molecule has 0 radical (unpaired) electrons. The zero-order chi connectivity index (χ0) is 13.8. The summed E-state index contributed by atoms with van der Waals surface area (Å²) in [7, 11) is -2.24. The van der Waals surface area contributed by atoms with Crippen LogP contribution in [-0.2, 0) is 14.8 Å². The number of nitrogens with one attached hydrogen (secondary N) is 1. The van der Waals surface area contributed by atoms with Crippen molar-refractivity contribution in [3.05, 3.63) is 29.8 Å². The molecule has 0 spiro atoms. The van der Waals surface area contributed by atoms with Crippen molar-refractivity contribution in [3.63, 3.8) is 0 Å². The van der Waals surface area contributed by atoms with Gasteiger partial charge in [-0.3, -0.25) is 0 Å². The molecule has 6 nitrogen and oxygen atoms in total. The number of hydrogen-bond acceptors (Lipinski definition) is 4. The smallest absolute Gasteiger partial charge is 0.335 e. The Bertz CT molecular complexity index is 526. The van der Waals surface area contributed by atoms with Gasteiger partial charge < -0.3 is 9.84 Å². The van der Waals surface area contributed by atoms with Crippen molar-refractivity contribution in [2.75, 3.05) is 13.7 Å². The third-order valence-corrected chi connectivity index (χ3v) is 3.78. The third kappa shape index (κ3) is 3.80. The Morgan fingerprint density at radius 1 is 1.50 bits per heavy atom. The lowest BCUT2D eigenvalue weighted by atomic mass is 10.2. The van der Waals surface area contributed by atoms with Crippen molar-refractivity contribution < 1.29 is 23.1 Å². The number of rotatable bonds is 6. The minimum absolute atomic E-state index is 0.0716. The Morgan fingerprint density at radius 2 is 2.17 bits per heavy atom. The zero-order valence-corrected chi connectivity index (χ0v) is 10.9. The molecule has 0 aromatic heterocycles. The molecule has 2 N–H and O–H groups in total. The van der Waals surface area contributed by atoms with Crippen molar-refractivity contribution in [3.8, 4) is 0 Å². The Labute approximate surface area is 106 Å². The van der Waals surface area contributed by atoms with Crippen molar-refractivity contribution >= 4 is 16.0 Å². The van der Waals surface area contributed by atoms with Gasteiger partial charge in [-0.25, -0.2) is 17.9 Å². The van der Waals surface area contributed by atoms with E-state index in [1.54, 1.807) is 6.92 Å². The first-order chi connectivity index (χ1) is 8.36. The van der Waals surface area contributed by atoms with Crippen molar-refractivity contribution in [2.24, 2.45) is 0 Å². The molecule has 0 aliphatic rings. The maximum Gasteiger partial charge on any atom is 0.335 e. The van der Waals surface area contributed by atoms with Gasteiger partial charge in [0, 0.05) is 13.7 Å². The lowest BCUT2D eigenvalue weighted by Crippen LogP contribution is -2.31. The molecule has 0 heterocycles. The number of sulfonamides is 1. The topological polar surface area (TPSA) is 92.7 Å². The average molecular weight is 273 g/mol. The summed E-state index contributed by atoms with van der Waals surface area (Å²) < 4.78 is 31.0. The van der Waals surface area contributed by atoms with E-state index in [1.807, 2.05) is 0 Å². The van der Waals surface area contributed by atoms with E-state index < -0.39 is 16.0 Å². The molecule has 0 fully saturated rings. The first-order valence-electron chi connectivity index (χ1n) is 5.22. The highest BCUT2D eigenvalue weighted by Gasteiger charge is 2.16. The number of methoxy groups -OCH3 is 1. The van der Waals surface area contributed by atoms with E-state index in [4.69, 9.17) is 9.84 Å². The second-order valence-corrected chi connectivity index (χ2v) is 5.50. The van der Waals surface area contributed by atoms with E-state index in [0.29, 0.717) is 0 Å². The van der Waals surface area contributed by atoms with E-state index in [9.17, 15) is 13.2 Å². The molecule has 18 heavy (non-hydrogen) atoms. The van der Waals surface area contributed by atoms with Crippen LogP contribution in [0.1, 0.15) is 17.3 Å². The van der Waals surface area contributed by atoms with Gasteiger partial charge >= 0.3 is 5.97 Å². The van der Waals surface area contributed by atoms with Gasteiger partial charge in [-0.1, -0.05) is 6.07 Å². The second-order valence-electron chi connectivity index (χ2n) is 3.73. The summed E-state index contributed by atoms with van der Waals surface area (Å²) in [5.41, 5.74) is -0.0716. The van der Waals surface area contributed by atoms with E-state index in [2.05, 4.69) is 4.72 Å². The fourth-order valence-electron chi connectivity index (χ4n) is 1.19. The summed E-state index contributed by atoms with van der Waals surface area (Å²) in [6.45, 7) is 1.84. The molecule has 1 unspecified atom stereocenters. The predicted octanol–water partition coefficient (Wildman–Crippen LogP) is 0.698. The molecule has 100 valence electrons.